The number of hydrogen-bond donors (Lipinski definition) is 1. The minimum atomic E-state index is -3.94. The van der Waals surface area contributed by atoms with E-state index >= 15 is 0 Å². The Labute approximate surface area is 187 Å². The molecule has 0 amide bonds. The minimum Gasteiger partial charge on any atom is -0.425 e. The number of sulfonamides is 1. The zero-order valence-corrected chi connectivity index (χ0v) is 19.8. The predicted molar refractivity (Wildman–Crippen MR) is 122 cm³/mol. The second-order valence-corrected chi connectivity index (χ2v) is 10.1. The van der Waals surface area contributed by atoms with E-state index in [-0.39, 0.29) is 16.6 Å². The van der Waals surface area contributed by atoms with Crippen LogP contribution in [-0.4, -0.2) is 20.4 Å². The highest BCUT2D eigenvalue weighted by molar-refractivity contribution is 7.89. The van der Waals surface area contributed by atoms with Gasteiger partial charge in [0.15, 0.2) is 0 Å². The second kappa shape index (κ2) is 8.88. The van der Waals surface area contributed by atoms with Gasteiger partial charge in [-0.1, -0.05) is 31.5 Å². The molecule has 32 heavy (non-hydrogen) atoms. The molecule has 1 aromatic heterocycles. The molecule has 2 aromatic carbocycles. The third-order valence-electron chi connectivity index (χ3n) is 5.40. The van der Waals surface area contributed by atoms with Crippen molar-refractivity contribution in [2.75, 3.05) is 0 Å². The van der Waals surface area contributed by atoms with Crippen molar-refractivity contribution in [2.45, 2.75) is 52.5 Å². The van der Waals surface area contributed by atoms with Gasteiger partial charge in [-0.2, -0.15) is 4.72 Å². The van der Waals surface area contributed by atoms with Gasteiger partial charge in [0.25, 0.3) is 0 Å². The van der Waals surface area contributed by atoms with E-state index in [1.165, 1.54) is 12.1 Å². The Balaban J connectivity index is 1.98. The summed E-state index contributed by atoms with van der Waals surface area (Å²) in [7, 11) is -3.94. The number of esters is 1. The Morgan fingerprint density at radius 3 is 2.19 bits per heavy atom. The highest BCUT2D eigenvalue weighted by atomic mass is 32.2. The van der Waals surface area contributed by atoms with E-state index < -0.39 is 27.7 Å². The molecule has 170 valence electrons. The van der Waals surface area contributed by atoms with Crippen molar-refractivity contribution < 1.29 is 22.4 Å². The van der Waals surface area contributed by atoms with Gasteiger partial charge in [0, 0.05) is 5.56 Å². The van der Waals surface area contributed by atoms with Crippen molar-refractivity contribution in [3.05, 3.63) is 69.1 Å². The first-order valence-electron chi connectivity index (χ1n) is 10.3. The fraction of sp³-hybridized carbons (Fsp3) is 0.333. The maximum Gasteiger partial charge on any atom is 0.339 e. The van der Waals surface area contributed by atoms with Crippen LogP contribution in [0.4, 0.5) is 0 Å². The summed E-state index contributed by atoms with van der Waals surface area (Å²) in [5.41, 5.74) is 2.56. The highest BCUT2D eigenvalue weighted by Crippen LogP contribution is 2.31. The summed E-state index contributed by atoms with van der Waals surface area (Å²) in [6.45, 7) is 10.5. The van der Waals surface area contributed by atoms with Crippen molar-refractivity contribution in [3.63, 3.8) is 0 Å². The smallest absolute Gasteiger partial charge is 0.339 e. The van der Waals surface area contributed by atoms with Crippen molar-refractivity contribution in [1.29, 1.82) is 0 Å². The molecule has 8 heteroatoms. The lowest BCUT2D eigenvalue weighted by Gasteiger charge is -2.21. The Bertz CT molecular complexity index is 1340. The number of benzene rings is 2. The van der Waals surface area contributed by atoms with Gasteiger partial charge < -0.3 is 9.15 Å². The molecule has 7 nitrogen and oxygen atoms in total. The molecule has 3 aromatic rings. The SMILES string of the molecule is Cc1ccc(S(=O)(=O)N[C@H](C(=O)Oc2cc(C)cc3oc(=O)c(C)c(C)c23)C(C)C)cc1. The number of aryl methyl sites for hydroxylation is 3. The lowest BCUT2D eigenvalue weighted by Crippen LogP contribution is -2.46. The van der Waals surface area contributed by atoms with Crippen LogP contribution in [0.2, 0.25) is 0 Å². The van der Waals surface area contributed by atoms with E-state index in [1.54, 1.807) is 58.9 Å². The predicted octanol–water partition coefficient (Wildman–Crippen LogP) is 3.94. The van der Waals surface area contributed by atoms with Gasteiger partial charge in [-0.15, -0.1) is 0 Å². The highest BCUT2D eigenvalue weighted by Gasteiger charge is 2.31. The second-order valence-electron chi connectivity index (χ2n) is 8.35. The van der Waals surface area contributed by atoms with E-state index in [4.69, 9.17) is 9.15 Å². The summed E-state index contributed by atoms with van der Waals surface area (Å²) in [5.74, 6) is -0.903. The number of ether oxygens (including phenoxy) is 1. The lowest BCUT2D eigenvalue weighted by atomic mass is 10.0. The van der Waals surface area contributed by atoms with Gasteiger partial charge >= 0.3 is 11.6 Å². The Morgan fingerprint density at radius 2 is 1.59 bits per heavy atom. The van der Waals surface area contributed by atoms with E-state index in [2.05, 4.69) is 4.72 Å². The molecule has 0 fully saturated rings. The number of carbonyl (C=O) groups is 1. The largest absolute Gasteiger partial charge is 0.425 e. The summed E-state index contributed by atoms with van der Waals surface area (Å²) in [4.78, 5) is 25.2. The molecule has 0 aliphatic heterocycles. The van der Waals surface area contributed by atoms with Gasteiger partial charge in [0.1, 0.15) is 17.4 Å². The molecule has 1 heterocycles. The summed E-state index contributed by atoms with van der Waals surface area (Å²) in [5, 5.41) is 0.505. The van der Waals surface area contributed by atoms with Gasteiger partial charge in [0.2, 0.25) is 10.0 Å². The summed E-state index contributed by atoms with van der Waals surface area (Å²) >= 11 is 0. The first kappa shape index (κ1) is 23.7. The lowest BCUT2D eigenvalue weighted by molar-refractivity contribution is -0.137. The molecule has 1 atom stereocenters. The van der Waals surface area contributed by atoms with Crippen LogP contribution in [0.1, 0.15) is 36.1 Å². The average Bonchev–Trinajstić information content (AvgIpc) is 2.70. The van der Waals surface area contributed by atoms with Gasteiger partial charge in [-0.05, 0) is 69.0 Å². The molecule has 0 saturated carbocycles. The Morgan fingerprint density at radius 1 is 0.969 bits per heavy atom. The molecule has 0 saturated heterocycles. The van der Waals surface area contributed by atoms with E-state index in [1.807, 2.05) is 6.92 Å². The van der Waals surface area contributed by atoms with Crippen LogP contribution >= 0.6 is 0 Å². The summed E-state index contributed by atoms with van der Waals surface area (Å²) < 4.78 is 39.2. The molecule has 0 unspecified atom stereocenters. The number of rotatable bonds is 6. The third kappa shape index (κ3) is 4.76. The fourth-order valence-corrected chi connectivity index (χ4v) is 4.68. The zero-order valence-electron chi connectivity index (χ0n) is 19.0. The average molecular weight is 458 g/mol. The van der Waals surface area contributed by atoms with Crippen molar-refractivity contribution in [3.8, 4) is 5.75 Å². The molecule has 0 aliphatic rings. The number of carbonyl (C=O) groups excluding carboxylic acids is 1. The minimum absolute atomic E-state index is 0.0656. The number of hydrogen-bond acceptors (Lipinski definition) is 6. The van der Waals surface area contributed by atoms with Crippen LogP contribution in [0.3, 0.4) is 0 Å². The van der Waals surface area contributed by atoms with Crippen LogP contribution in [0.25, 0.3) is 11.0 Å². The zero-order chi connectivity index (χ0) is 23.8. The van der Waals surface area contributed by atoms with Gasteiger partial charge in [0.05, 0.1) is 10.3 Å². The Hall–Kier alpha value is -2.97. The molecule has 1 N–H and O–H groups in total. The van der Waals surface area contributed by atoms with E-state index in [0.717, 1.165) is 11.1 Å². The first-order valence-corrected chi connectivity index (χ1v) is 11.7. The van der Waals surface area contributed by atoms with E-state index in [9.17, 15) is 18.0 Å². The summed E-state index contributed by atoms with van der Waals surface area (Å²) in [6.07, 6.45) is 0. The number of nitrogens with one attached hydrogen (secondary N) is 1. The summed E-state index contributed by atoms with van der Waals surface area (Å²) in [6, 6.07) is 8.60. The molecular formula is C24H27NO6S. The molecule has 0 bridgehead atoms. The third-order valence-corrected chi connectivity index (χ3v) is 6.86. The molecular weight excluding hydrogens is 430 g/mol. The standard InChI is InChI=1S/C24H27NO6S/c1-13(2)22(25-32(28,29)18-9-7-14(3)8-10-18)24(27)31-20-12-15(4)11-19-21(20)16(5)17(6)23(26)30-19/h7-13,22,25H,1-6H3/t22-/m0/s1. The van der Waals surface area contributed by atoms with E-state index in [0.29, 0.717) is 22.1 Å². The topological polar surface area (TPSA) is 103 Å². The van der Waals surface area contributed by atoms with Gasteiger partial charge in [-0.25, -0.2) is 18.0 Å². The fourth-order valence-electron chi connectivity index (χ4n) is 3.35. The number of fused-ring (bicyclic) bond motifs is 1. The quantitative estimate of drug-likeness (QED) is 0.342. The Kier molecular flexibility index (Phi) is 6.57. The maximum atomic E-state index is 13.1. The van der Waals surface area contributed by atoms with Crippen LogP contribution < -0.4 is 15.1 Å². The van der Waals surface area contributed by atoms with Crippen molar-refractivity contribution in [1.82, 2.24) is 4.72 Å². The first-order chi connectivity index (χ1) is 14.9. The van der Waals surface area contributed by atoms with Gasteiger partial charge in [-0.3, -0.25) is 0 Å². The monoisotopic (exact) mass is 457 g/mol. The van der Waals surface area contributed by atoms with Crippen LogP contribution in [0.5, 0.6) is 5.75 Å². The normalized spacial score (nSPS) is 12.8. The van der Waals surface area contributed by atoms with Crippen LogP contribution in [0.15, 0.2) is 50.5 Å². The van der Waals surface area contributed by atoms with Crippen LogP contribution in [-0.2, 0) is 14.8 Å². The molecule has 0 spiro atoms. The molecule has 0 aliphatic carbocycles. The molecule has 0 radical (unpaired) electrons. The van der Waals surface area contributed by atoms with Crippen LogP contribution in [0, 0.1) is 33.6 Å². The van der Waals surface area contributed by atoms with Crippen molar-refractivity contribution in [2.24, 2.45) is 5.92 Å². The maximum absolute atomic E-state index is 13.1. The van der Waals surface area contributed by atoms with Crippen molar-refractivity contribution >= 4 is 27.0 Å². The molecule has 3 rings (SSSR count).